The highest BCUT2D eigenvalue weighted by Crippen LogP contribution is 2.09. The number of carbonyl (C=O) groups excluding carboxylic acids is 3. The van der Waals surface area contributed by atoms with E-state index in [4.69, 9.17) is 4.74 Å². The molecule has 0 heterocycles. The fourth-order valence-corrected chi connectivity index (χ4v) is 2.99. The molecule has 0 radical (unpaired) electrons. The van der Waals surface area contributed by atoms with Gasteiger partial charge >= 0.3 is 5.97 Å². The van der Waals surface area contributed by atoms with Crippen molar-refractivity contribution in [1.82, 2.24) is 10.6 Å². The molecule has 0 spiro atoms. The minimum Gasteiger partial charge on any atom is -0.467 e. The molecule has 2 aromatic carbocycles. The van der Waals surface area contributed by atoms with Gasteiger partial charge in [0.2, 0.25) is 5.91 Å². The number of hydrogen-bond acceptors (Lipinski definition) is 4. The summed E-state index contributed by atoms with van der Waals surface area (Å²) in [4.78, 5) is 37.7. The summed E-state index contributed by atoms with van der Waals surface area (Å²) >= 11 is 0. The Balaban J connectivity index is 2.19. The van der Waals surface area contributed by atoms with Crippen molar-refractivity contribution in [2.45, 2.75) is 38.8 Å². The van der Waals surface area contributed by atoms with Crippen LogP contribution in [0.2, 0.25) is 0 Å². The fourth-order valence-electron chi connectivity index (χ4n) is 2.99. The van der Waals surface area contributed by atoms with Gasteiger partial charge in [-0.1, -0.05) is 62.4 Å². The quantitative estimate of drug-likeness (QED) is 0.503. The number of nitrogens with one attached hydrogen (secondary N) is 2. The summed E-state index contributed by atoms with van der Waals surface area (Å²) in [7, 11) is 1.29. The SMILES string of the molecule is COC(=O)[C@H](CC(C)C)N[13C](=O)[C@H](Cc1ccccc1)NC(=O)c1ccccc1. The van der Waals surface area contributed by atoms with Crippen molar-refractivity contribution < 1.29 is 19.1 Å². The van der Waals surface area contributed by atoms with Crippen LogP contribution in [0, 0.1) is 5.92 Å². The first kappa shape index (κ1) is 22.1. The van der Waals surface area contributed by atoms with Crippen LogP contribution in [0.4, 0.5) is 0 Å². The average molecular weight is 397 g/mol. The molecule has 0 aromatic heterocycles. The monoisotopic (exact) mass is 397 g/mol. The zero-order chi connectivity index (χ0) is 21.2. The van der Waals surface area contributed by atoms with Crippen LogP contribution in [-0.2, 0) is 20.7 Å². The van der Waals surface area contributed by atoms with Gasteiger partial charge in [0, 0.05) is 12.0 Å². The van der Waals surface area contributed by atoms with E-state index in [9.17, 15) is 14.4 Å². The lowest BCUT2D eigenvalue weighted by Crippen LogP contribution is -2.53. The molecule has 2 aromatic rings. The minimum absolute atomic E-state index is 0.186. The predicted molar refractivity (Wildman–Crippen MR) is 111 cm³/mol. The van der Waals surface area contributed by atoms with Gasteiger partial charge in [0.05, 0.1) is 7.11 Å². The third kappa shape index (κ3) is 7.07. The zero-order valence-corrected chi connectivity index (χ0v) is 17.1. The largest absolute Gasteiger partial charge is 0.467 e. The van der Waals surface area contributed by atoms with Crippen LogP contribution in [0.5, 0.6) is 0 Å². The molecular formula is C23H28N2O4. The predicted octanol–water partition coefficient (Wildman–Crippen LogP) is 2.73. The number of hydrogen-bond donors (Lipinski definition) is 2. The Morgan fingerprint density at radius 1 is 0.862 bits per heavy atom. The molecule has 0 saturated carbocycles. The van der Waals surface area contributed by atoms with Gasteiger partial charge in [0.1, 0.15) is 12.1 Å². The van der Waals surface area contributed by atoms with E-state index in [-0.39, 0.29) is 11.8 Å². The Morgan fingerprint density at radius 2 is 1.45 bits per heavy atom. The number of rotatable bonds is 9. The van der Waals surface area contributed by atoms with Gasteiger partial charge in [-0.15, -0.1) is 0 Å². The first-order chi connectivity index (χ1) is 13.9. The van der Waals surface area contributed by atoms with Crippen molar-refractivity contribution in [2.24, 2.45) is 5.92 Å². The van der Waals surface area contributed by atoms with Gasteiger partial charge in [-0.3, -0.25) is 9.59 Å². The summed E-state index contributed by atoms with van der Waals surface area (Å²) in [6.45, 7) is 3.92. The third-order valence-corrected chi connectivity index (χ3v) is 4.45. The standard InChI is InChI=1S/C23H28N2O4/c1-16(2)14-20(23(28)29-3)25-22(27)19(15-17-10-6-4-7-11-17)24-21(26)18-12-8-5-9-13-18/h4-13,16,19-20H,14-15H2,1-3H3,(H,24,26)(H,25,27)/t19-,20-/m0/s1/i22+1. The van der Waals surface area contributed by atoms with E-state index in [1.807, 2.05) is 50.2 Å². The Bertz CT molecular complexity index is 806. The maximum Gasteiger partial charge on any atom is 0.328 e. The first-order valence-corrected chi connectivity index (χ1v) is 9.68. The summed E-state index contributed by atoms with van der Waals surface area (Å²) in [6, 6.07) is 16.5. The highest BCUT2D eigenvalue weighted by Gasteiger charge is 2.28. The number of esters is 1. The van der Waals surface area contributed by atoms with Crippen molar-refractivity contribution in [2.75, 3.05) is 7.11 Å². The van der Waals surface area contributed by atoms with E-state index in [0.29, 0.717) is 18.4 Å². The Hall–Kier alpha value is -3.15. The van der Waals surface area contributed by atoms with Crippen LogP contribution in [0.3, 0.4) is 0 Å². The van der Waals surface area contributed by atoms with Crippen molar-refractivity contribution in [1.29, 1.82) is 0 Å². The average Bonchev–Trinajstić information content (AvgIpc) is 2.73. The van der Waals surface area contributed by atoms with Gasteiger partial charge in [0.25, 0.3) is 5.91 Å². The van der Waals surface area contributed by atoms with Crippen molar-refractivity contribution >= 4 is 17.8 Å². The second kappa shape index (κ2) is 11.0. The Morgan fingerprint density at radius 3 is 2.00 bits per heavy atom. The molecule has 2 atom stereocenters. The molecule has 2 rings (SSSR count). The van der Waals surface area contributed by atoms with E-state index in [1.165, 1.54) is 7.11 Å². The molecule has 0 bridgehead atoms. The maximum absolute atomic E-state index is 13.0. The van der Waals surface area contributed by atoms with Crippen LogP contribution < -0.4 is 10.6 Å². The van der Waals surface area contributed by atoms with Crippen LogP contribution in [0.1, 0.15) is 36.2 Å². The Labute approximate surface area is 171 Å². The van der Waals surface area contributed by atoms with Crippen molar-refractivity contribution in [3.63, 3.8) is 0 Å². The summed E-state index contributed by atoms with van der Waals surface area (Å²) in [5.41, 5.74) is 1.37. The Kier molecular flexibility index (Phi) is 8.40. The number of amides is 2. The van der Waals surface area contributed by atoms with E-state index < -0.39 is 24.0 Å². The van der Waals surface area contributed by atoms with Crippen LogP contribution in [0.15, 0.2) is 60.7 Å². The van der Waals surface area contributed by atoms with Crippen molar-refractivity contribution in [3.8, 4) is 0 Å². The molecule has 6 nitrogen and oxygen atoms in total. The lowest BCUT2D eigenvalue weighted by Gasteiger charge is -2.23. The number of ether oxygens (including phenoxy) is 1. The van der Waals surface area contributed by atoms with Crippen LogP contribution >= 0.6 is 0 Å². The molecular weight excluding hydrogens is 369 g/mol. The lowest BCUT2D eigenvalue weighted by molar-refractivity contribution is -0.145. The van der Waals surface area contributed by atoms with Crippen LogP contribution in [0.25, 0.3) is 0 Å². The summed E-state index contributed by atoms with van der Waals surface area (Å²) < 4.78 is 4.82. The molecule has 2 N–H and O–H groups in total. The first-order valence-electron chi connectivity index (χ1n) is 9.68. The number of methoxy groups -OCH3 is 1. The molecule has 0 saturated heterocycles. The van der Waals surface area contributed by atoms with Gasteiger partial charge in [-0.2, -0.15) is 0 Å². The highest BCUT2D eigenvalue weighted by atomic mass is 16.5. The molecule has 0 aliphatic heterocycles. The molecule has 0 aliphatic carbocycles. The topological polar surface area (TPSA) is 84.5 Å². The summed E-state index contributed by atoms with van der Waals surface area (Å²) in [6.07, 6.45) is 0.754. The smallest absolute Gasteiger partial charge is 0.328 e. The molecule has 154 valence electrons. The molecule has 0 fully saturated rings. The van der Waals surface area contributed by atoms with Gasteiger partial charge in [0.15, 0.2) is 0 Å². The fraction of sp³-hybridized carbons (Fsp3) is 0.348. The zero-order valence-electron chi connectivity index (χ0n) is 17.1. The van der Waals surface area contributed by atoms with Gasteiger partial charge < -0.3 is 15.4 Å². The molecule has 6 heteroatoms. The lowest BCUT2D eigenvalue weighted by atomic mass is 10.0. The summed E-state index contributed by atoms with van der Waals surface area (Å²) in [5.74, 6) is -1.08. The number of benzene rings is 2. The van der Waals surface area contributed by atoms with E-state index in [0.717, 1.165) is 5.56 Å². The van der Waals surface area contributed by atoms with E-state index in [2.05, 4.69) is 10.6 Å². The second-order valence-electron chi connectivity index (χ2n) is 7.30. The second-order valence-corrected chi connectivity index (χ2v) is 7.30. The van der Waals surface area contributed by atoms with Gasteiger partial charge in [-0.25, -0.2) is 4.79 Å². The van der Waals surface area contributed by atoms with E-state index in [1.54, 1.807) is 24.3 Å². The van der Waals surface area contributed by atoms with Crippen LogP contribution in [-0.4, -0.2) is 37.0 Å². The van der Waals surface area contributed by atoms with Crippen molar-refractivity contribution in [3.05, 3.63) is 71.8 Å². The normalized spacial score (nSPS) is 12.7. The van der Waals surface area contributed by atoms with Gasteiger partial charge in [-0.05, 0) is 30.0 Å². The molecule has 29 heavy (non-hydrogen) atoms. The molecule has 0 aliphatic rings. The maximum atomic E-state index is 13.0. The minimum atomic E-state index is -0.829. The molecule has 0 unspecified atom stereocenters. The molecule has 2 amide bonds. The summed E-state index contributed by atoms with van der Waals surface area (Å²) in [5, 5.41) is 5.54. The number of carbonyl (C=O) groups is 3. The highest BCUT2D eigenvalue weighted by molar-refractivity contribution is 5.98. The third-order valence-electron chi connectivity index (χ3n) is 4.45. The van der Waals surface area contributed by atoms with E-state index >= 15 is 0 Å².